The molecule has 2 aliphatic rings. The predicted molar refractivity (Wildman–Crippen MR) is 240 cm³/mol. The van der Waals surface area contributed by atoms with Gasteiger partial charge in [-0.25, -0.2) is 0 Å². The molecule has 0 spiro atoms. The molecule has 56 heavy (non-hydrogen) atoms. The maximum atomic E-state index is 4.24. The first-order chi connectivity index (χ1) is 27.1. The number of hydrogen-bond donors (Lipinski definition) is 1. The van der Waals surface area contributed by atoms with E-state index in [0.29, 0.717) is 0 Å². The molecule has 3 nitrogen and oxygen atoms in total. The lowest BCUT2D eigenvalue weighted by molar-refractivity contribution is 0.332. The van der Waals surface area contributed by atoms with Crippen LogP contribution in [-0.2, 0) is 10.8 Å². The van der Waals surface area contributed by atoms with Crippen LogP contribution in [0.25, 0.3) is 76.7 Å². The molecule has 1 N–H and O–H groups in total. The Kier molecular flexibility index (Phi) is 6.25. The summed E-state index contributed by atoms with van der Waals surface area (Å²) in [4.78, 5) is 0. The van der Waals surface area contributed by atoms with Gasteiger partial charge in [-0.2, -0.15) is 0 Å². The summed E-state index contributed by atoms with van der Waals surface area (Å²) >= 11 is 0. The van der Waals surface area contributed by atoms with Crippen molar-refractivity contribution in [2.75, 3.05) is 5.32 Å². The molecule has 0 saturated heterocycles. The fraction of sp³-hybridized carbons (Fsp3) is 0.192. The van der Waals surface area contributed by atoms with Gasteiger partial charge in [-0.3, -0.25) is 0 Å². The monoisotopic (exact) mass is 720 g/mol. The van der Waals surface area contributed by atoms with Gasteiger partial charge in [-0.05, 0) is 107 Å². The van der Waals surface area contributed by atoms with Gasteiger partial charge in [0.25, 0.3) is 0 Å². The summed E-state index contributed by atoms with van der Waals surface area (Å²) in [6.45, 7) is 14.3. The molecule has 7 aromatic carbocycles. The molecular formula is C52H43BN3. The molecule has 10 aromatic rings. The Morgan fingerprint density at radius 2 is 1.20 bits per heavy atom. The highest BCUT2D eigenvalue weighted by atomic mass is 15.0. The van der Waals surface area contributed by atoms with Crippen molar-refractivity contribution >= 4 is 89.5 Å². The number of anilines is 2. The van der Waals surface area contributed by atoms with E-state index >= 15 is 0 Å². The van der Waals surface area contributed by atoms with Crippen LogP contribution in [0.15, 0.2) is 121 Å². The molecule has 1 aliphatic heterocycles. The Labute approximate surface area is 328 Å². The smallest absolute Gasteiger partial charge is 0.197 e. The molecule has 3 aromatic heterocycles. The van der Waals surface area contributed by atoms with Crippen LogP contribution in [0.5, 0.6) is 0 Å². The van der Waals surface area contributed by atoms with Gasteiger partial charge in [-0.15, -0.1) is 0 Å². The highest BCUT2D eigenvalue weighted by Gasteiger charge is 2.38. The highest BCUT2D eigenvalue weighted by molar-refractivity contribution is 6.73. The second-order valence-corrected chi connectivity index (χ2v) is 18.0. The lowest BCUT2D eigenvalue weighted by Gasteiger charge is -2.42. The minimum Gasteiger partial charge on any atom is -0.354 e. The second kappa shape index (κ2) is 10.9. The number of fused-ring (bicyclic) bond motifs is 12. The molecule has 12 rings (SSSR count). The van der Waals surface area contributed by atoms with E-state index in [2.05, 4.69) is 184 Å². The van der Waals surface area contributed by atoms with Crippen molar-refractivity contribution in [3.05, 3.63) is 144 Å². The highest BCUT2D eigenvalue weighted by Crippen LogP contribution is 2.51. The summed E-state index contributed by atoms with van der Waals surface area (Å²) in [7, 11) is 2.45. The standard InChI is InChI=1S/C52H43BN3/c1-29-24-35(47-45(25-29)56-42-19-10-7-14-31(42)33-17-13-18-40(53-47)49(33)56)36-27-37-32-15-8-11-20-43(32)55-44-21-12-9-16-34(44)46(50(37)55)48(36)54-41-28-39-38(26-30(41)2)51(3,4)22-23-52(39,5)6/h7-21,24-28,54H,22-23H2,1-6H3. The average Bonchev–Trinajstić information content (AvgIpc) is 3.84. The number of rotatable bonds is 3. The van der Waals surface area contributed by atoms with E-state index in [1.165, 1.54) is 134 Å². The van der Waals surface area contributed by atoms with E-state index in [9.17, 15) is 0 Å². The quantitative estimate of drug-likeness (QED) is 0.180. The number of hydrogen-bond acceptors (Lipinski definition) is 1. The van der Waals surface area contributed by atoms with Crippen LogP contribution >= 0.6 is 0 Å². The fourth-order valence-electron chi connectivity index (χ4n) is 10.8. The van der Waals surface area contributed by atoms with E-state index in [-0.39, 0.29) is 10.8 Å². The molecule has 0 saturated carbocycles. The van der Waals surface area contributed by atoms with E-state index in [1.807, 2.05) is 0 Å². The van der Waals surface area contributed by atoms with Gasteiger partial charge in [0.05, 0.1) is 27.8 Å². The van der Waals surface area contributed by atoms with E-state index in [0.717, 1.165) is 0 Å². The lowest BCUT2D eigenvalue weighted by atomic mass is 9.59. The largest absolute Gasteiger partial charge is 0.354 e. The van der Waals surface area contributed by atoms with Crippen LogP contribution in [0.3, 0.4) is 0 Å². The molecular weight excluding hydrogens is 677 g/mol. The minimum atomic E-state index is 0.0976. The minimum absolute atomic E-state index is 0.0976. The van der Waals surface area contributed by atoms with Gasteiger partial charge in [0.1, 0.15) is 0 Å². The summed E-state index contributed by atoms with van der Waals surface area (Å²) in [6, 6.07) is 45.9. The van der Waals surface area contributed by atoms with Crippen molar-refractivity contribution in [2.24, 2.45) is 0 Å². The molecule has 1 radical (unpaired) electrons. The van der Waals surface area contributed by atoms with Crippen LogP contribution in [0.1, 0.15) is 62.8 Å². The molecule has 1 aliphatic carbocycles. The van der Waals surface area contributed by atoms with Gasteiger partial charge >= 0.3 is 0 Å². The van der Waals surface area contributed by atoms with Gasteiger partial charge < -0.3 is 14.3 Å². The summed E-state index contributed by atoms with van der Waals surface area (Å²) in [5, 5.41) is 12.0. The Hall–Kier alpha value is -6.00. The summed E-state index contributed by atoms with van der Waals surface area (Å²) in [5.74, 6) is 0. The molecule has 0 amide bonds. The number of nitrogens with one attached hydrogen (secondary N) is 1. The normalized spacial score (nSPS) is 15.6. The number of aromatic nitrogens is 2. The van der Waals surface area contributed by atoms with Gasteiger partial charge in [0.2, 0.25) is 0 Å². The van der Waals surface area contributed by atoms with Gasteiger partial charge in [0, 0.05) is 54.8 Å². The van der Waals surface area contributed by atoms with Crippen molar-refractivity contribution in [2.45, 2.75) is 65.2 Å². The summed E-state index contributed by atoms with van der Waals surface area (Å²) in [5.41, 5.74) is 20.6. The molecule has 269 valence electrons. The first kappa shape index (κ1) is 32.3. The second-order valence-electron chi connectivity index (χ2n) is 18.0. The van der Waals surface area contributed by atoms with Crippen molar-refractivity contribution in [1.82, 2.24) is 8.97 Å². The number of para-hydroxylation sites is 4. The third-order valence-electron chi connectivity index (χ3n) is 13.7. The summed E-state index contributed by atoms with van der Waals surface area (Å²) < 4.78 is 5.03. The van der Waals surface area contributed by atoms with Crippen LogP contribution in [0.2, 0.25) is 0 Å². The SMILES string of the molecule is Cc1cc(-c2cc3c4ccccc4n4c5ccccc5c(c2Nc2cc5c(cc2C)C(C)(C)CCC5(C)C)c34)c2c(c1)-n1c3ccccc3c3cccc(c31)[B]2. The molecule has 0 atom stereocenters. The molecule has 4 heteroatoms. The van der Waals surface area contributed by atoms with Crippen LogP contribution < -0.4 is 16.2 Å². The predicted octanol–water partition coefficient (Wildman–Crippen LogP) is 12.3. The Balaban J connectivity index is 1.22. The van der Waals surface area contributed by atoms with Crippen LogP contribution in [0.4, 0.5) is 11.4 Å². The topological polar surface area (TPSA) is 21.4 Å². The third-order valence-corrected chi connectivity index (χ3v) is 13.7. The van der Waals surface area contributed by atoms with Crippen molar-refractivity contribution in [1.29, 1.82) is 0 Å². The maximum absolute atomic E-state index is 4.24. The van der Waals surface area contributed by atoms with Gasteiger partial charge in [-0.1, -0.05) is 118 Å². The summed E-state index contributed by atoms with van der Waals surface area (Å²) in [6.07, 6.45) is 2.38. The van der Waals surface area contributed by atoms with Crippen molar-refractivity contribution < 1.29 is 0 Å². The zero-order valence-corrected chi connectivity index (χ0v) is 32.9. The number of aryl methyl sites for hydroxylation is 2. The zero-order valence-electron chi connectivity index (χ0n) is 32.9. The first-order valence-electron chi connectivity index (χ1n) is 20.2. The van der Waals surface area contributed by atoms with Crippen LogP contribution in [0, 0.1) is 13.8 Å². The van der Waals surface area contributed by atoms with E-state index < -0.39 is 0 Å². The molecule has 0 unspecified atom stereocenters. The Bertz CT molecular complexity index is 3340. The third kappa shape index (κ3) is 4.14. The molecule has 4 heterocycles. The Morgan fingerprint density at radius 3 is 1.95 bits per heavy atom. The molecule has 0 bridgehead atoms. The van der Waals surface area contributed by atoms with E-state index in [4.69, 9.17) is 0 Å². The lowest BCUT2D eigenvalue weighted by Crippen LogP contribution is -2.37. The van der Waals surface area contributed by atoms with E-state index in [1.54, 1.807) is 0 Å². The van der Waals surface area contributed by atoms with Crippen molar-refractivity contribution in [3.63, 3.8) is 0 Å². The Morgan fingerprint density at radius 1 is 0.571 bits per heavy atom. The molecule has 0 fully saturated rings. The fourth-order valence-corrected chi connectivity index (χ4v) is 10.8. The zero-order chi connectivity index (χ0) is 37.8. The average molecular weight is 721 g/mol. The first-order valence-corrected chi connectivity index (χ1v) is 20.2. The maximum Gasteiger partial charge on any atom is 0.197 e. The van der Waals surface area contributed by atoms with Crippen LogP contribution in [-0.4, -0.2) is 16.2 Å². The number of benzene rings is 7. The number of nitrogens with zero attached hydrogens (tertiary/aromatic N) is 2. The van der Waals surface area contributed by atoms with Crippen molar-refractivity contribution in [3.8, 4) is 16.8 Å². The van der Waals surface area contributed by atoms with Gasteiger partial charge in [0.15, 0.2) is 7.28 Å².